The molecule has 0 aliphatic carbocycles. The van der Waals surface area contributed by atoms with Gasteiger partial charge in [0, 0.05) is 36.6 Å². The van der Waals surface area contributed by atoms with Crippen LogP contribution in [0.3, 0.4) is 0 Å². The van der Waals surface area contributed by atoms with E-state index in [-0.39, 0.29) is 5.95 Å². The van der Waals surface area contributed by atoms with Crippen LogP contribution in [0, 0.1) is 6.92 Å². The van der Waals surface area contributed by atoms with Crippen LogP contribution in [0.25, 0.3) is 32.0 Å². The van der Waals surface area contributed by atoms with Crippen LogP contribution in [0.4, 0.5) is 11.8 Å². The lowest BCUT2D eigenvalue weighted by Crippen LogP contribution is -2.36. The van der Waals surface area contributed by atoms with E-state index in [9.17, 15) is 8.42 Å². The molecule has 4 heterocycles. The number of aromatic nitrogens is 4. The summed E-state index contributed by atoms with van der Waals surface area (Å²) in [7, 11) is -3.26. The van der Waals surface area contributed by atoms with E-state index < -0.39 is 9.84 Å². The zero-order valence-corrected chi connectivity index (χ0v) is 19.8. The summed E-state index contributed by atoms with van der Waals surface area (Å²) >= 11 is 1.61. The third-order valence-electron chi connectivity index (χ3n) is 5.53. The van der Waals surface area contributed by atoms with Gasteiger partial charge in [0.15, 0.2) is 21.5 Å². The van der Waals surface area contributed by atoms with E-state index in [2.05, 4.69) is 14.9 Å². The largest absolute Gasteiger partial charge is 0.378 e. The number of aryl methyl sites for hydroxylation is 1. The molecule has 4 aromatic rings. The number of rotatable bonds is 4. The Morgan fingerprint density at radius 2 is 1.70 bits per heavy atom. The fourth-order valence-corrected chi connectivity index (χ4v) is 5.67. The molecule has 11 heteroatoms. The molecule has 170 valence electrons. The maximum atomic E-state index is 11.9. The second-order valence-electron chi connectivity index (χ2n) is 7.83. The number of thiophene rings is 1. The molecule has 1 aliphatic rings. The lowest BCUT2D eigenvalue weighted by atomic mass is 10.1. The molecule has 0 bridgehead atoms. The average molecular weight is 483 g/mol. The number of ether oxygens (including phenoxy) is 1. The first kappa shape index (κ1) is 21.7. The van der Waals surface area contributed by atoms with Gasteiger partial charge in [0.05, 0.1) is 33.9 Å². The highest BCUT2D eigenvalue weighted by molar-refractivity contribution is 7.90. The van der Waals surface area contributed by atoms with E-state index in [4.69, 9.17) is 20.4 Å². The number of fused-ring (bicyclic) bond motifs is 1. The quantitative estimate of drug-likeness (QED) is 0.467. The molecule has 2 N–H and O–H groups in total. The fourth-order valence-electron chi connectivity index (χ4n) is 3.77. The Kier molecular flexibility index (Phi) is 5.47. The Balaban J connectivity index is 1.68. The zero-order valence-electron chi connectivity index (χ0n) is 18.1. The fraction of sp³-hybridized carbons (Fsp3) is 0.273. The van der Waals surface area contributed by atoms with Gasteiger partial charge >= 0.3 is 0 Å². The molecule has 9 nitrogen and oxygen atoms in total. The van der Waals surface area contributed by atoms with Crippen molar-refractivity contribution in [3.63, 3.8) is 0 Å². The average Bonchev–Trinajstić information content (AvgIpc) is 3.15. The molecule has 33 heavy (non-hydrogen) atoms. The van der Waals surface area contributed by atoms with E-state index in [1.54, 1.807) is 35.9 Å². The molecule has 0 amide bonds. The molecule has 0 spiro atoms. The second kappa shape index (κ2) is 8.32. The predicted octanol–water partition coefficient (Wildman–Crippen LogP) is 2.95. The third kappa shape index (κ3) is 4.14. The van der Waals surface area contributed by atoms with Gasteiger partial charge < -0.3 is 15.4 Å². The number of hydrogen-bond acceptors (Lipinski definition) is 10. The maximum Gasteiger partial charge on any atom is 0.219 e. The van der Waals surface area contributed by atoms with Crippen molar-refractivity contribution < 1.29 is 13.2 Å². The lowest BCUT2D eigenvalue weighted by molar-refractivity contribution is 0.122. The number of nitrogens with zero attached hydrogens (tertiary/aromatic N) is 5. The van der Waals surface area contributed by atoms with Crippen LogP contribution in [0.15, 0.2) is 41.6 Å². The smallest absolute Gasteiger partial charge is 0.219 e. The number of benzene rings is 1. The van der Waals surface area contributed by atoms with Gasteiger partial charge in [-0.15, -0.1) is 11.3 Å². The van der Waals surface area contributed by atoms with E-state index in [1.807, 2.05) is 19.1 Å². The van der Waals surface area contributed by atoms with Crippen LogP contribution in [0.2, 0.25) is 0 Å². The van der Waals surface area contributed by atoms with Crippen LogP contribution < -0.4 is 10.6 Å². The van der Waals surface area contributed by atoms with Crippen LogP contribution in [0.5, 0.6) is 0 Å². The van der Waals surface area contributed by atoms with Gasteiger partial charge in [0.25, 0.3) is 0 Å². The topological polar surface area (TPSA) is 124 Å². The highest BCUT2D eigenvalue weighted by Gasteiger charge is 2.23. The minimum Gasteiger partial charge on any atom is -0.378 e. The molecule has 0 unspecified atom stereocenters. The monoisotopic (exact) mass is 482 g/mol. The Morgan fingerprint density at radius 1 is 1.03 bits per heavy atom. The van der Waals surface area contributed by atoms with Crippen molar-refractivity contribution in [1.82, 2.24) is 19.9 Å². The molecule has 0 atom stereocenters. The third-order valence-corrected chi connectivity index (χ3v) is 7.99. The van der Waals surface area contributed by atoms with Gasteiger partial charge in [-0.05, 0) is 30.2 Å². The predicted molar refractivity (Wildman–Crippen MR) is 129 cm³/mol. The normalized spacial score (nSPS) is 14.7. The number of morpholine rings is 1. The van der Waals surface area contributed by atoms with Crippen molar-refractivity contribution in [3.05, 3.63) is 42.2 Å². The van der Waals surface area contributed by atoms with Gasteiger partial charge in [-0.1, -0.05) is 12.1 Å². The zero-order chi connectivity index (χ0) is 23.2. The molecule has 3 aromatic heterocycles. The van der Waals surface area contributed by atoms with E-state index in [0.717, 1.165) is 45.1 Å². The van der Waals surface area contributed by atoms with Gasteiger partial charge in [-0.25, -0.2) is 28.4 Å². The summed E-state index contributed by atoms with van der Waals surface area (Å²) in [5.41, 5.74) is 9.14. The molecular formula is C22H22N6O3S2. The van der Waals surface area contributed by atoms with Gasteiger partial charge in [0.1, 0.15) is 0 Å². The summed E-state index contributed by atoms with van der Waals surface area (Å²) in [6, 6.07) is 6.95. The number of sulfone groups is 1. The molecule has 1 aromatic carbocycles. The Hall–Kier alpha value is -3.15. The summed E-state index contributed by atoms with van der Waals surface area (Å²) in [4.78, 5) is 21.5. The first-order chi connectivity index (χ1) is 15.8. The van der Waals surface area contributed by atoms with Crippen LogP contribution >= 0.6 is 11.3 Å². The minimum atomic E-state index is -3.26. The van der Waals surface area contributed by atoms with E-state index >= 15 is 0 Å². The van der Waals surface area contributed by atoms with Gasteiger partial charge in [-0.2, -0.15) is 0 Å². The summed E-state index contributed by atoms with van der Waals surface area (Å²) in [5, 5.41) is 0. The molecular weight excluding hydrogens is 460 g/mol. The van der Waals surface area contributed by atoms with Crippen molar-refractivity contribution in [2.24, 2.45) is 0 Å². The van der Waals surface area contributed by atoms with Crippen molar-refractivity contribution in [1.29, 1.82) is 0 Å². The second-order valence-corrected chi connectivity index (χ2v) is 10.9. The molecule has 0 radical (unpaired) electrons. The first-order valence-electron chi connectivity index (χ1n) is 10.3. The van der Waals surface area contributed by atoms with Crippen molar-refractivity contribution in [2.75, 3.05) is 43.2 Å². The number of hydrogen-bond donors (Lipinski definition) is 1. The maximum absolute atomic E-state index is 11.9. The van der Waals surface area contributed by atoms with Crippen molar-refractivity contribution >= 4 is 43.2 Å². The summed E-state index contributed by atoms with van der Waals surface area (Å²) in [6.07, 6.45) is 4.46. The van der Waals surface area contributed by atoms with Crippen molar-refractivity contribution in [3.8, 4) is 21.8 Å². The standard InChI is InChI=1S/C22H22N6O3S2/c1-13-17-19(32-18(13)14-3-5-16(6-4-14)33(2,29)30)21(28-7-9-31-10-8-28)27-20(26-17)15-11-24-22(23)25-12-15/h3-6,11-12H,7-10H2,1-2H3,(H2,23,24,25). The molecule has 1 aliphatic heterocycles. The summed E-state index contributed by atoms with van der Waals surface area (Å²) < 4.78 is 30.2. The Morgan fingerprint density at radius 3 is 2.33 bits per heavy atom. The minimum absolute atomic E-state index is 0.194. The highest BCUT2D eigenvalue weighted by Crippen LogP contribution is 2.42. The summed E-state index contributed by atoms with van der Waals surface area (Å²) in [6.45, 7) is 4.77. The first-order valence-corrected chi connectivity index (χ1v) is 13.0. The number of nitrogen functional groups attached to an aromatic ring is 1. The Labute approximate surface area is 195 Å². The lowest BCUT2D eigenvalue weighted by Gasteiger charge is -2.28. The van der Waals surface area contributed by atoms with Gasteiger partial charge in [0.2, 0.25) is 5.95 Å². The number of anilines is 2. The van der Waals surface area contributed by atoms with Crippen LogP contribution in [0.1, 0.15) is 5.56 Å². The number of nitrogens with two attached hydrogens (primary N) is 1. The molecule has 1 saturated heterocycles. The Bertz CT molecular complexity index is 1430. The van der Waals surface area contributed by atoms with Gasteiger partial charge in [-0.3, -0.25) is 0 Å². The molecule has 1 fully saturated rings. The van der Waals surface area contributed by atoms with E-state index in [0.29, 0.717) is 29.5 Å². The van der Waals surface area contributed by atoms with Crippen LogP contribution in [-0.2, 0) is 14.6 Å². The van der Waals surface area contributed by atoms with E-state index in [1.165, 1.54) is 6.26 Å². The van der Waals surface area contributed by atoms with Crippen molar-refractivity contribution in [2.45, 2.75) is 11.8 Å². The molecule has 5 rings (SSSR count). The summed E-state index contributed by atoms with van der Waals surface area (Å²) in [5.74, 6) is 1.57. The highest BCUT2D eigenvalue weighted by atomic mass is 32.2. The van der Waals surface area contributed by atoms with Crippen LogP contribution in [-0.4, -0.2) is 60.9 Å². The SMILES string of the molecule is Cc1c(-c2ccc(S(C)(=O)=O)cc2)sc2c(N3CCOCC3)nc(-c3cnc(N)nc3)nc12. The molecule has 0 saturated carbocycles.